The molecule has 0 radical (unpaired) electrons. The van der Waals surface area contributed by atoms with Crippen LogP contribution in [-0.4, -0.2) is 18.4 Å². The van der Waals surface area contributed by atoms with Gasteiger partial charge in [0.2, 0.25) is 11.8 Å². The van der Waals surface area contributed by atoms with Gasteiger partial charge in [0.05, 0.1) is 16.6 Å². The van der Waals surface area contributed by atoms with E-state index in [2.05, 4.69) is 5.32 Å². The van der Waals surface area contributed by atoms with Crippen molar-refractivity contribution in [1.29, 1.82) is 0 Å². The third kappa shape index (κ3) is 4.11. The summed E-state index contributed by atoms with van der Waals surface area (Å²) in [6, 6.07) is 10.8. The quantitative estimate of drug-likeness (QED) is 0.876. The van der Waals surface area contributed by atoms with Crippen molar-refractivity contribution in [2.75, 3.05) is 11.4 Å². The maximum absolute atomic E-state index is 12.9. The van der Waals surface area contributed by atoms with Crippen molar-refractivity contribution in [3.05, 3.63) is 63.9 Å². The van der Waals surface area contributed by atoms with E-state index in [1.54, 1.807) is 30.3 Å². The lowest BCUT2D eigenvalue weighted by atomic mass is 10.1. The molecule has 4 nitrogen and oxygen atoms in total. The maximum Gasteiger partial charge on any atom is 0.227 e. The fourth-order valence-corrected chi connectivity index (χ4v) is 3.26. The molecule has 1 saturated heterocycles. The summed E-state index contributed by atoms with van der Waals surface area (Å²) >= 11 is 12.0. The van der Waals surface area contributed by atoms with E-state index >= 15 is 0 Å². The topological polar surface area (TPSA) is 49.4 Å². The number of halogens is 3. The van der Waals surface area contributed by atoms with Gasteiger partial charge >= 0.3 is 0 Å². The maximum atomic E-state index is 12.9. The third-order valence-electron chi connectivity index (χ3n) is 4.08. The van der Waals surface area contributed by atoms with E-state index in [4.69, 9.17) is 23.2 Å². The number of anilines is 1. The summed E-state index contributed by atoms with van der Waals surface area (Å²) in [7, 11) is 0. The molecule has 1 aliphatic heterocycles. The van der Waals surface area contributed by atoms with Gasteiger partial charge in [-0.1, -0.05) is 35.3 Å². The minimum atomic E-state index is -0.459. The van der Waals surface area contributed by atoms with Crippen LogP contribution < -0.4 is 10.2 Å². The Morgan fingerprint density at radius 3 is 2.60 bits per heavy atom. The SMILES string of the molecule is O=C(NCc1ccc(F)cc1)C1CC(=O)N(c2ccc(Cl)cc2Cl)C1. The molecule has 0 saturated carbocycles. The van der Waals surface area contributed by atoms with Crippen molar-refractivity contribution in [2.45, 2.75) is 13.0 Å². The van der Waals surface area contributed by atoms with Gasteiger partial charge < -0.3 is 10.2 Å². The molecular weight excluding hydrogens is 366 g/mol. The van der Waals surface area contributed by atoms with Crippen LogP contribution in [0.15, 0.2) is 42.5 Å². The highest BCUT2D eigenvalue weighted by Crippen LogP contribution is 2.33. The molecule has 2 amide bonds. The number of nitrogens with one attached hydrogen (secondary N) is 1. The molecule has 0 aromatic heterocycles. The molecule has 7 heteroatoms. The van der Waals surface area contributed by atoms with Crippen molar-refractivity contribution >= 4 is 40.7 Å². The summed E-state index contributed by atoms with van der Waals surface area (Å²) in [5.41, 5.74) is 1.33. The van der Waals surface area contributed by atoms with Gasteiger partial charge in [0.15, 0.2) is 0 Å². The second kappa shape index (κ2) is 7.42. The Labute approximate surface area is 154 Å². The second-order valence-corrected chi connectivity index (χ2v) is 6.69. The van der Waals surface area contributed by atoms with Gasteiger partial charge in [-0.05, 0) is 35.9 Å². The van der Waals surface area contributed by atoms with Crippen LogP contribution in [0.5, 0.6) is 0 Å². The molecule has 1 heterocycles. The summed E-state index contributed by atoms with van der Waals surface area (Å²) in [6.07, 6.45) is 0.119. The number of rotatable bonds is 4. The Bertz CT molecular complexity index is 811. The molecule has 0 aliphatic carbocycles. The minimum absolute atomic E-state index is 0.119. The largest absolute Gasteiger partial charge is 0.352 e. The summed E-state index contributed by atoms with van der Waals surface area (Å²) in [4.78, 5) is 26.1. The molecular formula is C18H15Cl2FN2O2. The molecule has 3 rings (SSSR count). The highest BCUT2D eigenvalue weighted by atomic mass is 35.5. The molecule has 130 valence electrons. The second-order valence-electron chi connectivity index (χ2n) is 5.85. The van der Waals surface area contributed by atoms with Crippen molar-refractivity contribution in [1.82, 2.24) is 5.32 Å². The zero-order chi connectivity index (χ0) is 18.0. The monoisotopic (exact) mass is 380 g/mol. The molecule has 0 spiro atoms. The molecule has 1 N–H and O–H groups in total. The summed E-state index contributed by atoms with van der Waals surface area (Å²) in [5.74, 6) is -1.16. The number of hydrogen-bond acceptors (Lipinski definition) is 2. The van der Waals surface area contributed by atoms with Crippen LogP contribution in [0.25, 0.3) is 0 Å². The Kier molecular flexibility index (Phi) is 5.25. The normalized spacial score (nSPS) is 17.0. The summed E-state index contributed by atoms with van der Waals surface area (Å²) < 4.78 is 12.9. The lowest BCUT2D eigenvalue weighted by Crippen LogP contribution is -2.32. The van der Waals surface area contributed by atoms with Crippen LogP contribution in [0.1, 0.15) is 12.0 Å². The first-order chi connectivity index (χ1) is 11.9. The molecule has 2 aromatic carbocycles. The van der Waals surface area contributed by atoms with Crippen LogP contribution in [0.4, 0.5) is 10.1 Å². The molecule has 1 aliphatic rings. The first kappa shape index (κ1) is 17.7. The molecule has 25 heavy (non-hydrogen) atoms. The first-order valence-electron chi connectivity index (χ1n) is 7.71. The van der Waals surface area contributed by atoms with E-state index in [1.165, 1.54) is 17.0 Å². The highest BCUT2D eigenvalue weighted by molar-refractivity contribution is 6.36. The number of carbonyl (C=O) groups is 2. The van der Waals surface area contributed by atoms with Crippen molar-refractivity contribution < 1.29 is 14.0 Å². The van der Waals surface area contributed by atoms with Gasteiger partial charge in [-0.25, -0.2) is 4.39 Å². The first-order valence-corrected chi connectivity index (χ1v) is 8.47. The summed E-state index contributed by atoms with van der Waals surface area (Å²) in [5, 5.41) is 3.63. The van der Waals surface area contributed by atoms with E-state index < -0.39 is 5.92 Å². The average molecular weight is 381 g/mol. The smallest absolute Gasteiger partial charge is 0.227 e. The zero-order valence-corrected chi connectivity index (χ0v) is 14.6. The fraction of sp³-hybridized carbons (Fsp3) is 0.222. The van der Waals surface area contributed by atoms with Crippen LogP contribution in [0, 0.1) is 11.7 Å². The van der Waals surface area contributed by atoms with E-state index in [0.29, 0.717) is 15.7 Å². The van der Waals surface area contributed by atoms with E-state index in [0.717, 1.165) is 5.56 Å². The van der Waals surface area contributed by atoms with Crippen molar-refractivity contribution in [3.8, 4) is 0 Å². The third-order valence-corrected chi connectivity index (χ3v) is 4.61. The van der Waals surface area contributed by atoms with Gasteiger partial charge in [-0.15, -0.1) is 0 Å². The molecule has 1 unspecified atom stereocenters. The average Bonchev–Trinajstić information content (AvgIpc) is 2.96. The summed E-state index contributed by atoms with van der Waals surface area (Å²) in [6.45, 7) is 0.543. The standard InChI is InChI=1S/C18H15Cl2FN2O2/c19-13-3-6-16(15(20)8-13)23-10-12(7-17(23)24)18(25)22-9-11-1-4-14(21)5-2-11/h1-6,8,12H,7,9-10H2,(H,22,25). The number of amides is 2. The van der Waals surface area contributed by atoms with Gasteiger partial charge in [-0.2, -0.15) is 0 Å². The van der Waals surface area contributed by atoms with Crippen LogP contribution in [-0.2, 0) is 16.1 Å². The van der Waals surface area contributed by atoms with Crippen LogP contribution >= 0.6 is 23.2 Å². The Balaban J connectivity index is 1.63. The van der Waals surface area contributed by atoms with Crippen LogP contribution in [0.3, 0.4) is 0 Å². The minimum Gasteiger partial charge on any atom is -0.352 e. The molecule has 2 aromatic rings. The Hall–Kier alpha value is -2.11. The predicted molar refractivity (Wildman–Crippen MR) is 95.2 cm³/mol. The lowest BCUT2D eigenvalue weighted by molar-refractivity contribution is -0.126. The van der Waals surface area contributed by atoms with Gasteiger partial charge in [0.1, 0.15) is 5.82 Å². The fourth-order valence-electron chi connectivity index (χ4n) is 2.75. The Morgan fingerprint density at radius 1 is 1.20 bits per heavy atom. The van der Waals surface area contributed by atoms with E-state index in [-0.39, 0.29) is 37.1 Å². The highest BCUT2D eigenvalue weighted by Gasteiger charge is 2.35. The van der Waals surface area contributed by atoms with Crippen molar-refractivity contribution in [3.63, 3.8) is 0 Å². The number of hydrogen-bond donors (Lipinski definition) is 1. The van der Waals surface area contributed by atoms with Gasteiger partial charge in [0.25, 0.3) is 0 Å². The molecule has 1 atom stereocenters. The van der Waals surface area contributed by atoms with Gasteiger partial charge in [0, 0.05) is 24.5 Å². The van der Waals surface area contributed by atoms with E-state index in [9.17, 15) is 14.0 Å². The Morgan fingerprint density at radius 2 is 1.92 bits per heavy atom. The van der Waals surface area contributed by atoms with Crippen LogP contribution in [0.2, 0.25) is 10.0 Å². The zero-order valence-electron chi connectivity index (χ0n) is 13.1. The molecule has 1 fully saturated rings. The predicted octanol–water partition coefficient (Wildman–Crippen LogP) is 3.80. The number of nitrogens with zero attached hydrogens (tertiary/aromatic N) is 1. The number of carbonyl (C=O) groups excluding carboxylic acids is 2. The lowest BCUT2D eigenvalue weighted by Gasteiger charge is -2.18. The van der Waals surface area contributed by atoms with Crippen molar-refractivity contribution in [2.24, 2.45) is 5.92 Å². The number of benzene rings is 2. The van der Waals surface area contributed by atoms with Gasteiger partial charge in [-0.3, -0.25) is 9.59 Å². The van der Waals surface area contributed by atoms with E-state index in [1.807, 2.05) is 0 Å². The molecule has 0 bridgehead atoms.